The molecular weight excluding hydrogens is 318 g/mol. The van der Waals surface area contributed by atoms with Gasteiger partial charge in [0, 0.05) is 36.1 Å². The van der Waals surface area contributed by atoms with Gasteiger partial charge in [-0.2, -0.15) is 5.10 Å². The number of ether oxygens (including phenoxy) is 1. The van der Waals surface area contributed by atoms with Crippen LogP contribution in [0.5, 0.6) is 0 Å². The van der Waals surface area contributed by atoms with Gasteiger partial charge < -0.3 is 9.64 Å². The first-order chi connectivity index (χ1) is 11.8. The van der Waals surface area contributed by atoms with Gasteiger partial charge in [0.15, 0.2) is 11.9 Å². The molecule has 130 valence electrons. The molecule has 0 saturated heterocycles. The Bertz CT molecular complexity index is 837. The van der Waals surface area contributed by atoms with Gasteiger partial charge in [0.25, 0.3) is 0 Å². The molecule has 6 heteroatoms. The quantitative estimate of drug-likeness (QED) is 0.685. The molecule has 2 heterocycles. The van der Waals surface area contributed by atoms with Gasteiger partial charge in [-0.25, -0.2) is 4.79 Å². The molecule has 0 aliphatic carbocycles. The fourth-order valence-corrected chi connectivity index (χ4v) is 3.16. The fraction of sp³-hybridized carbons (Fsp3) is 0.316. The van der Waals surface area contributed by atoms with Gasteiger partial charge in [0.1, 0.15) is 5.69 Å². The van der Waals surface area contributed by atoms with E-state index in [2.05, 4.69) is 30.1 Å². The van der Waals surface area contributed by atoms with E-state index >= 15 is 0 Å². The van der Waals surface area contributed by atoms with E-state index in [1.165, 1.54) is 17.8 Å². The monoisotopic (exact) mass is 339 g/mol. The number of carbonyl (C=O) groups excluding carboxylic acids is 2. The molecule has 1 atom stereocenters. The van der Waals surface area contributed by atoms with Crippen molar-refractivity contribution in [3.05, 3.63) is 59.6 Å². The predicted octanol–water partition coefficient (Wildman–Crippen LogP) is 2.84. The zero-order chi connectivity index (χ0) is 18.2. The molecule has 25 heavy (non-hydrogen) atoms. The molecular formula is C19H21N3O3. The lowest BCUT2D eigenvalue weighted by molar-refractivity contribution is -0.122. The van der Waals surface area contributed by atoms with Gasteiger partial charge in [-0.15, -0.1) is 0 Å². The topological polar surface area (TPSA) is 75.3 Å². The Hall–Kier alpha value is -2.89. The smallest absolute Gasteiger partial charge is 0.357 e. The van der Waals surface area contributed by atoms with Crippen LogP contribution in [0.25, 0.3) is 0 Å². The van der Waals surface area contributed by atoms with Gasteiger partial charge in [0.05, 0.1) is 0 Å². The molecule has 6 nitrogen and oxygen atoms in total. The van der Waals surface area contributed by atoms with Crippen LogP contribution < -0.4 is 4.90 Å². The third-order valence-corrected chi connectivity index (χ3v) is 4.62. The molecule has 3 rings (SSSR count). The predicted molar refractivity (Wildman–Crippen MR) is 94.4 cm³/mol. The lowest BCUT2D eigenvalue weighted by Crippen LogP contribution is -2.28. The SMILES string of the molecule is C[C@@H](OC(=O)c1ccn[nH]1)C(=O)/C=C1\N(C)c2ccccc2C1(C)C. The molecule has 1 aromatic carbocycles. The van der Waals surface area contributed by atoms with Gasteiger partial charge in [-0.05, 0) is 24.6 Å². The molecule has 1 aliphatic heterocycles. The molecule has 1 aliphatic rings. The van der Waals surface area contributed by atoms with Crippen molar-refractivity contribution in [1.29, 1.82) is 0 Å². The number of benzene rings is 1. The molecule has 0 unspecified atom stereocenters. The van der Waals surface area contributed by atoms with E-state index in [-0.39, 0.29) is 16.9 Å². The minimum Gasteiger partial charge on any atom is -0.450 e. The largest absolute Gasteiger partial charge is 0.450 e. The number of nitrogens with zero attached hydrogens (tertiary/aromatic N) is 2. The van der Waals surface area contributed by atoms with Crippen molar-refractivity contribution in [2.75, 3.05) is 11.9 Å². The second-order valence-electron chi connectivity index (χ2n) is 6.65. The maximum absolute atomic E-state index is 12.6. The van der Waals surface area contributed by atoms with Crippen molar-refractivity contribution in [3.63, 3.8) is 0 Å². The summed E-state index contributed by atoms with van der Waals surface area (Å²) in [6.07, 6.45) is 2.15. The van der Waals surface area contributed by atoms with Crippen molar-refractivity contribution in [2.45, 2.75) is 32.3 Å². The standard InChI is InChI=1S/C19H21N3O3/c1-12(25-18(24)14-9-10-20-21-14)16(23)11-17-19(2,3)13-7-5-6-8-15(13)22(17)4/h5-12H,1-4H3,(H,20,21)/b17-11-/t12-/m1/s1. The molecule has 0 amide bonds. The van der Waals surface area contributed by atoms with E-state index < -0.39 is 12.1 Å². The number of esters is 1. The van der Waals surface area contributed by atoms with Crippen LogP contribution in [-0.4, -0.2) is 35.1 Å². The van der Waals surface area contributed by atoms with E-state index in [9.17, 15) is 9.59 Å². The minimum absolute atomic E-state index is 0.220. The lowest BCUT2D eigenvalue weighted by Gasteiger charge is -2.24. The van der Waals surface area contributed by atoms with Gasteiger partial charge in [-0.1, -0.05) is 32.0 Å². The number of nitrogens with one attached hydrogen (secondary N) is 1. The Kier molecular flexibility index (Phi) is 4.20. The second kappa shape index (κ2) is 6.20. The summed E-state index contributed by atoms with van der Waals surface area (Å²) in [5.74, 6) is -0.852. The fourth-order valence-electron chi connectivity index (χ4n) is 3.16. The number of allylic oxidation sites excluding steroid dienone is 1. The van der Waals surface area contributed by atoms with Crippen molar-refractivity contribution in [1.82, 2.24) is 10.2 Å². The highest BCUT2D eigenvalue weighted by atomic mass is 16.5. The number of para-hydroxylation sites is 1. The number of carbonyl (C=O) groups is 2. The van der Waals surface area contributed by atoms with E-state index in [1.54, 1.807) is 13.0 Å². The maximum atomic E-state index is 12.6. The molecule has 0 bridgehead atoms. The normalized spacial score (nSPS) is 18.1. The average Bonchev–Trinajstić information content (AvgIpc) is 3.18. The van der Waals surface area contributed by atoms with Crippen LogP contribution in [0.2, 0.25) is 0 Å². The second-order valence-corrected chi connectivity index (χ2v) is 6.65. The average molecular weight is 339 g/mol. The van der Waals surface area contributed by atoms with Crippen LogP contribution in [0, 0.1) is 0 Å². The summed E-state index contributed by atoms with van der Waals surface area (Å²) in [6, 6.07) is 9.57. The van der Waals surface area contributed by atoms with Crippen molar-refractivity contribution in [3.8, 4) is 0 Å². The van der Waals surface area contributed by atoms with E-state index in [4.69, 9.17) is 4.74 Å². The zero-order valence-corrected chi connectivity index (χ0v) is 14.7. The molecule has 2 aromatic rings. The Morgan fingerprint density at radius 2 is 2.00 bits per heavy atom. The van der Waals surface area contributed by atoms with Crippen LogP contribution >= 0.6 is 0 Å². The zero-order valence-electron chi connectivity index (χ0n) is 14.7. The van der Waals surface area contributed by atoms with E-state index in [0.29, 0.717) is 0 Å². The van der Waals surface area contributed by atoms with Crippen LogP contribution in [0.4, 0.5) is 5.69 Å². The highest BCUT2D eigenvalue weighted by Crippen LogP contribution is 2.46. The van der Waals surface area contributed by atoms with E-state index in [0.717, 1.165) is 11.4 Å². The number of aromatic amines is 1. The number of fused-ring (bicyclic) bond motifs is 1. The van der Waals surface area contributed by atoms with E-state index in [1.807, 2.05) is 30.1 Å². The molecule has 0 saturated carbocycles. The number of aromatic nitrogens is 2. The molecule has 0 spiro atoms. The van der Waals surface area contributed by atoms with Gasteiger partial charge >= 0.3 is 5.97 Å². The number of anilines is 1. The Morgan fingerprint density at radius 1 is 1.28 bits per heavy atom. The first kappa shape index (κ1) is 17.0. The van der Waals surface area contributed by atoms with Crippen molar-refractivity contribution in [2.24, 2.45) is 0 Å². The Balaban J connectivity index is 1.80. The highest BCUT2D eigenvalue weighted by Gasteiger charge is 2.39. The third-order valence-electron chi connectivity index (χ3n) is 4.62. The summed E-state index contributed by atoms with van der Waals surface area (Å²) in [7, 11) is 1.94. The van der Waals surface area contributed by atoms with Crippen molar-refractivity contribution < 1.29 is 14.3 Å². The molecule has 1 aromatic heterocycles. The summed E-state index contributed by atoms with van der Waals surface area (Å²) >= 11 is 0. The number of hydrogen-bond donors (Lipinski definition) is 1. The highest BCUT2D eigenvalue weighted by molar-refractivity contribution is 5.98. The van der Waals surface area contributed by atoms with Gasteiger partial charge in [-0.3, -0.25) is 9.89 Å². The number of H-pyrrole nitrogens is 1. The number of ketones is 1. The summed E-state index contributed by atoms with van der Waals surface area (Å²) < 4.78 is 5.22. The molecule has 0 radical (unpaired) electrons. The Morgan fingerprint density at radius 3 is 2.64 bits per heavy atom. The summed E-state index contributed by atoms with van der Waals surface area (Å²) in [4.78, 5) is 26.5. The summed E-state index contributed by atoms with van der Waals surface area (Å²) in [6.45, 7) is 5.73. The summed E-state index contributed by atoms with van der Waals surface area (Å²) in [5, 5.41) is 6.23. The lowest BCUT2D eigenvalue weighted by atomic mass is 9.83. The minimum atomic E-state index is -0.879. The Labute approximate surface area is 146 Å². The van der Waals surface area contributed by atoms with Crippen molar-refractivity contribution >= 4 is 17.4 Å². The maximum Gasteiger partial charge on any atom is 0.357 e. The summed E-state index contributed by atoms with van der Waals surface area (Å²) in [5.41, 5.74) is 3.04. The van der Waals surface area contributed by atoms with Gasteiger partial charge in [0.2, 0.25) is 0 Å². The van der Waals surface area contributed by atoms with Crippen LogP contribution in [0.1, 0.15) is 36.8 Å². The first-order valence-corrected chi connectivity index (χ1v) is 8.12. The third kappa shape index (κ3) is 2.95. The first-order valence-electron chi connectivity index (χ1n) is 8.12. The van der Waals surface area contributed by atoms with Crippen LogP contribution in [0.3, 0.4) is 0 Å². The number of hydrogen-bond acceptors (Lipinski definition) is 5. The van der Waals surface area contributed by atoms with Crippen LogP contribution in [0.15, 0.2) is 48.3 Å². The van der Waals surface area contributed by atoms with Crippen LogP contribution in [-0.2, 0) is 14.9 Å². The number of rotatable bonds is 4. The number of likely N-dealkylation sites (N-methyl/N-ethyl adjacent to an activating group) is 1. The molecule has 0 fully saturated rings. The molecule has 1 N–H and O–H groups in total.